The summed E-state index contributed by atoms with van der Waals surface area (Å²) in [5.74, 6) is -2.49. The Kier molecular flexibility index (Phi) is 16.2. The van der Waals surface area contributed by atoms with Crippen LogP contribution in [0.2, 0.25) is 0 Å². The molecule has 0 amide bonds. The van der Waals surface area contributed by atoms with E-state index in [1.807, 2.05) is 0 Å². The predicted molar refractivity (Wildman–Crippen MR) is 56.5 cm³/mol. The number of aromatic hydroxyl groups is 2. The molecule has 0 aliphatic heterocycles. The minimum absolute atomic E-state index is 0. The Balaban J connectivity index is -0.000000171. The molecule has 1 rings (SSSR count). The van der Waals surface area contributed by atoms with Crippen molar-refractivity contribution in [3.05, 3.63) is 12.1 Å². The zero-order valence-electron chi connectivity index (χ0n) is 10.8. The maximum Gasteiger partial charge on any atom is 1.00 e. The molecule has 0 fully saturated rings. The fourth-order valence-corrected chi connectivity index (χ4v) is 2.11. The van der Waals surface area contributed by atoms with E-state index in [2.05, 4.69) is 0 Å². The summed E-state index contributed by atoms with van der Waals surface area (Å²) in [4.78, 5) is -2.50. The maximum absolute atomic E-state index is 10.6. The normalized spacial score (nSPS) is 9.62. The predicted octanol–water partition coefficient (Wildman–Crippen LogP) is -9.56. The van der Waals surface area contributed by atoms with Crippen molar-refractivity contribution in [3.8, 4) is 11.5 Å². The van der Waals surface area contributed by atoms with Gasteiger partial charge in [-0.2, -0.15) is 0 Å². The van der Waals surface area contributed by atoms with Crippen molar-refractivity contribution in [2.75, 3.05) is 0 Å². The summed E-state index contributed by atoms with van der Waals surface area (Å²) in [6.07, 6.45) is 0. The number of hydrogen-bond donors (Lipinski definition) is 2. The van der Waals surface area contributed by atoms with Gasteiger partial charge in [-0.25, -0.2) is 16.8 Å². The number of benzene rings is 1. The van der Waals surface area contributed by atoms with E-state index >= 15 is 0 Å². The molecular weight excluding hydrogens is 326 g/mol. The number of phenols is 2. The van der Waals surface area contributed by atoms with Crippen molar-refractivity contribution in [2.45, 2.75) is 9.79 Å². The number of rotatable bonds is 2. The van der Waals surface area contributed by atoms with Gasteiger partial charge >= 0.3 is 37.7 Å². The average Bonchev–Trinajstić information content (AvgIpc) is 2.05. The summed E-state index contributed by atoms with van der Waals surface area (Å²) in [6, 6.07) is 0.520. The average molecular weight is 336 g/mol. The van der Waals surface area contributed by atoms with Crippen LogP contribution in [-0.4, -0.2) is 52.6 Å². The fraction of sp³-hybridized carbons (Fsp3) is 0. The van der Waals surface area contributed by atoms with Crippen LogP contribution < -0.4 is 37.7 Å². The van der Waals surface area contributed by atoms with E-state index in [9.17, 15) is 25.9 Å². The number of hydrogen-bond acceptors (Lipinski definition) is 8. The first-order valence-corrected chi connectivity index (χ1v) is 6.33. The van der Waals surface area contributed by atoms with Gasteiger partial charge < -0.3 is 35.7 Å². The summed E-state index contributed by atoms with van der Waals surface area (Å²) in [5, 5.41) is 17.9. The van der Waals surface area contributed by atoms with Crippen LogP contribution in [0, 0.1) is 0 Å². The molecule has 15 heteroatoms. The van der Waals surface area contributed by atoms with E-state index in [1.54, 1.807) is 0 Å². The van der Waals surface area contributed by atoms with Crippen LogP contribution in [-0.2, 0) is 20.2 Å². The van der Waals surface area contributed by atoms with Crippen molar-refractivity contribution in [2.24, 2.45) is 0 Å². The van der Waals surface area contributed by atoms with E-state index in [4.69, 9.17) is 10.2 Å². The molecule has 1 aromatic carbocycles. The minimum Gasteiger partial charge on any atom is -0.744 e. The largest absolute Gasteiger partial charge is 1.00 e. The van der Waals surface area contributed by atoms with Crippen LogP contribution >= 0.6 is 0 Å². The third-order valence-electron chi connectivity index (χ3n) is 1.59. The molecule has 0 heterocycles. The van der Waals surface area contributed by atoms with Gasteiger partial charge in [-0.3, -0.25) is 0 Å². The first-order chi connectivity index (χ1) is 7.03. The van der Waals surface area contributed by atoms with Crippen molar-refractivity contribution in [1.29, 1.82) is 0 Å². The van der Waals surface area contributed by atoms with Gasteiger partial charge in [0, 0.05) is 6.07 Å². The van der Waals surface area contributed by atoms with E-state index < -0.39 is 41.5 Å². The molecule has 1 aromatic rings. The van der Waals surface area contributed by atoms with Crippen molar-refractivity contribution in [1.82, 2.24) is 0 Å². The van der Waals surface area contributed by atoms with Gasteiger partial charge in [0.1, 0.15) is 25.1 Å². The molecule has 11 nitrogen and oxygen atoms in total. The first kappa shape index (κ1) is 32.6. The quantitative estimate of drug-likeness (QED) is 0.297. The Hall–Kier alpha value is -0.285. The molecule has 0 spiro atoms. The maximum atomic E-state index is 10.6. The molecule has 8 N–H and O–H groups in total. The molecule has 114 valence electrons. The standard InChI is InChI=1S/C6H6O8S2.2Li.3H2O/c7-4-1-3(15(9,10)11)2-5(6(4)8)16(12,13)14;;;;;/h1-2,7-8H,(H,9,10,11)(H,12,13,14);;;3*1H2/q;2*+1;;;/p-2. The van der Waals surface area contributed by atoms with Gasteiger partial charge in [0.25, 0.3) is 0 Å². The number of phenolic OH excluding ortho intramolecular Hbond substituents is 2. The molecule has 0 bridgehead atoms. The van der Waals surface area contributed by atoms with Gasteiger partial charge in [-0.05, 0) is 6.07 Å². The molecule has 21 heavy (non-hydrogen) atoms. The molecule has 0 saturated heterocycles. The molecule has 0 unspecified atom stereocenters. The first-order valence-electron chi connectivity index (χ1n) is 3.51. The van der Waals surface area contributed by atoms with Crippen molar-refractivity contribution >= 4 is 20.2 Å². The molecule has 0 aromatic heterocycles. The van der Waals surface area contributed by atoms with Crippen molar-refractivity contribution < 1.29 is 90.3 Å². The monoisotopic (exact) mass is 336 g/mol. The Morgan fingerprint density at radius 3 is 1.48 bits per heavy atom. The van der Waals surface area contributed by atoms with Crippen LogP contribution in [0.25, 0.3) is 0 Å². The van der Waals surface area contributed by atoms with Crippen molar-refractivity contribution in [3.63, 3.8) is 0 Å². The third kappa shape index (κ3) is 8.05. The SMILES string of the molecule is O.O.O.O=S(=O)([O-])c1cc(O)c(O)c(S(=O)(=O)[O-])c1.[Li+].[Li+]. The van der Waals surface area contributed by atoms with Crippen LogP contribution in [0.1, 0.15) is 0 Å². The van der Waals surface area contributed by atoms with E-state index in [0.717, 1.165) is 0 Å². The van der Waals surface area contributed by atoms with Gasteiger partial charge in [0.05, 0.1) is 4.90 Å². The van der Waals surface area contributed by atoms with E-state index in [-0.39, 0.29) is 60.2 Å². The minimum atomic E-state index is -5.20. The van der Waals surface area contributed by atoms with Gasteiger partial charge in [0.2, 0.25) is 0 Å². The second-order valence-electron chi connectivity index (χ2n) is 2.70. The molecule has 0 atom stereocenters. The van der Waals surface area contributed by atoms with Gasteiger partial charge in [-0.1, -0.05) is 0 Å². The van der Waals surface area contributed by atoms with Crippen LogP contribution in [0.15, 0.2) is 21.9 Å². The smallest absolute Gasteiger partial charge is 0.744 e. The zero-order chi connectivity index (χ0) is 12.7. The molecule has 0 aliphatic rings. The molecular formula is C6H10Li2O11S2. The molecule has 0 saturated carbocycles. The Morgan fingerprint density at radius 2 is 1.19 bits per heavy atom. The van der Waals surface area contributed by atoms with E-state index in [1.165, 1.54) is 0 Å². The summed E-state index contributed by atoms with van der Waals surface area (Å²) in [5.41, 5.74) is 0. The van der Waals surface area contributed by atoms with Crippen LogP contribution in [0.3, 0.4) is 0 Å². The van der Waals surface area contributed by atoms with Gasteiger partial charge in [0.15, 0.2) is 11.5 Å². The second-order valence-corrected chi connectivity index (χ2v) is 5.43. The summed E-state index contributed by atoms with van der Waals surface area (Å²) >= 11 is 0. The summed E-state index contributed by atoms with van der Waals surface area (Å²) in [7, 11) is -10.3. The molecule has 0 radical (unpaired) electrons. The molecule has 0 aliphatic carbocycles. The summed E-state index contributed by atoms with van der Waals surface area (Å²) < 4.78 is 63.3. The third-order valence-corrected chi connectivity index (χ3v) is 3.25. The topological polar surface area (TPSA) is 249 Å². The summed E-state index contributed by atoms with van der Waals surface area (Å²) in [6.45, 7) is 0. The van der Waals surface area contributed by atoms with Crippen LogP contribution in [0.5, 0.6) is 11.5 Å². The Morgan fingerprint density at radius 1 is 0.810 bits per heavy atom. The second kappa shape index (κ2) is 10.4. The van der Waals surface area contributed by atoms with Crippen LogP contribution in [0.4, 0.5) is 0 Å². The fourth-order valence-electron chi connectivity index (χ4n) is 0.903. The Labute approximate surface area is 143 Å². The zero-order valence-corrected chi connectivity index (χ0v) is 12.4. The Bertz CT molecular complexity index is 639. The van der Waals surface area contributed by atoms with Gasteiger partial charge in [-0.15, -0.1) is 0 Å². The van der Waals surface area contributed by atoms with E-state index in [0.29, 0.717) is 6.07 Å².